The van der Waals surface area contributed by atoms with E-state index in [9.17, 15) is 19.7 Å². The van der Waals surface area contributed by atoms with Crippen molar-refractivity contribution >= 4 is 23.1 Å². The second-order valence-corrected chi connectivity index (χ2v) is 4.96. The van der Waals surface area contributed by atoms with Gasteiger partial charge in [0.05, 0.1) is 17.2 Å². The Kier molecular flexibility index (Phi) is 5.26. The van der Waals surface area contributed by atoms with Gasteiger partial charge in [-0.25, -0.2) is 0 Å². The molecule has 7 nitrogen and oxygen atoms in total. The summed E-state index contributed by atoms with van der Waals surface area (Å²) in [6, 6.07) is 10.0. The van der Waals surface area contributed by atoms with Crippen LogP contribution in [0.1, 0.15) is 34.6 Å². The second kappa shape index (κ2) is 7.36. The van der Waals surface area contributed by atoms with Crippen molar-refractivity contribution in [3.63, 3.8) is 0 Å². The number of ketones is 1. The Balaban J connectivity index is 2.27. The molecule has 1 amide bonds. The fourth-order valence-corrected chi connectivity index (χ4v) is 2.06. The molecule has 124 valence electrons. The number of anilines is 1. The molecule has 0 heterocycles. The van der Waals surface area contributed by atoms with Crippen LogP contribution in [-0.2, 0) is 0 Å². The number of amides is 1. The number of nitrogens with zero attached hydrogens (tertiary/aromatic N) is 1. The number of carbonyl (C=O) groups is 2. The van der Waals surface area contributed by atoms with Crippen molar-refractivity contribution in [1.29, 1.82) is 0 Å². The molecule has 0 bridgehead atoms. The number of ether oxygens (including phenoxy) is 1. The van der Waals surface area contributed by atoms with Gasteiger partial charge in [0, 0.05) is 23.3 Å². The summed E-state index contributed by atoms with van der Waals surface area (Å²) in [5.74, 6) is -0.145. The van der Waals surface area contributed by atoms with E-state index in [1.807, 2.05) is 0 Å². The first-order chi connectivity index (χ1) is 11.4. The van der Waals surface area contributed by atoms with Crippen LogP contribution < -0.4 is 10.1 Å². The molecule has 0 saturated heterocycles. The average Bonchev–Trinajstić information content (AvgIpc) is 2.56. The molecule has 0 saturated carbocycles. The minimum Gasteiger partial charge on any atom is -0.492 e. The number of nitro groups is 1. The Labute approximate surface area is 138 Å². The van der Waals surface area contributed by atoms with Gasteiger partial charge in [-0.3, -0.25) is 19.7 Å². The first-order valence-corrected chi connectivity index (χ1v) is 7.26. The first kappa shape index (κ1) is 17.1. The van der Waals surface area contributed by atoms with E-state index in [4.69, 9.17) is 4.74 Å². The summed E-state index contributed by atoms with van der Waals surface area (Å²) in [5.41, 5.74) is 0.974. The Morgan fingerprint density at radius 3 is 2.29 bits per heavy atom. The molecule has 2 aromatic carbocycles. The van der Waals surface area contributed by atoms with Crippen LogP contribution in [0, 0.1) is 10.1 Å². The molecule has 0 aliphatic heterocycles. The summed E-state index contributed by atoms with van der Waals surface area (Å²) in [6.45, 7) is 3.64. The highest BCUT2D eigenvalue weighted by atomic mass is 16.6. The molecule has 1 N–H and O–H groups in total. The zero-order valence-electron chi connectivity index (χ0n) is 13.2. The van der Waals surface area contributed by atoms with E-state index >= 15 is 0 Å². The largest absolute Gasteiger partial charge is 0.492 e. The zero-order valence-corrected chi connectivity index (χ0v) is 13.2. The fourth-order valence-electron chi connectivity index (χ4n) is 2.06. The summed E-state index contributed by atoms with van der Waals surface area (Å²) in [5, 5.41) is 13.3. The SMILES string of the molecule is CCOc1ccc(C(C)=O)cc1NC(=O)c1ccc([N+](=O)[O-])cc1. The molecule has 2 rings (SSSR count). The molecule has 24 heavy (non-hydrogen) atoms. The molecule has 0 aliphatic carbocycles. The van der Waals surface area contributed by atoms with Crippen LogP contribution in [0.5, 0.6) is 5.75 Å². The van der Waals surface area contributed by atoms with Gasteiger partial charge in [0.25, 0.3) is 11.6 Å². The first-order valence-electron chi connectivity index (χ1n) is 7.26. The van der Waals surface area contributed by atoms with E-state index in [2.05, 4.69) is 5.32 Å². The lowest BCUT2D eigenvalue weighted by Gasteiger charge is -2.12. The van der Waals surface area contributed by atoms with E-state index in [1.54, 1.807) is 19.1 Å². The van der Waals surface area contributed by atoms with Gasteiger partial charge in [-0.2, -0.15) is 0 Å². The average molecular weight is 328 g/mol. The molecule has 0 fully saturated rings. The van der Waals surface area contributed by atoms with Crippen molar-refractivity contribution in [2.24, 2.45) is 0 Å². The lowest BCUT2D eigenvalue weighted by atomic mass is 10.1. The number of Topliss-reactive ketones (excluding diaryl/α,β-unsaturated/α-hetero) is 1. The van der Waals surface area contributed by atoms with Crippen molar-refractivity contribution in [2.75, 3.05) is 11.9 Å². The van der Waals surface area contributed by atoms with Gasteiger partial charge in [0.15, 0.2) is 5.78 Å². The highest BCUT2D eigenvalue weighted by Gasteiger charge is 2.13. The number of nitrogens with one attached hydrogen (secondary N) is 1. The van der Waals surface area contributed by atoms with Crippen molar-refractivity contribution in [1.82, 2.24) is 0 Å². The number of benzene rings is 2. The van der Waals surface area contributed by atoms with Crippen molar-refractivity contribution in [3.05, 3.63) is 63.7 Å². The fraction of sp³-hybridized carbons (Fsp3) is 0.176. The molecular formula is C17H16N2O5. The Hall–Kier alpha value is -3.22. The Morgan fingerprint density at radius 1 is 1.12 bits per heavy atom. The van der Waals surface area contributed by atoms with Gasteiger partial charge < -0.3 is 10.1 Å². The normalized spacial score (nSPS) is 10.1. The topological polar surface area (TPSA) is 98.5 Å². The highest BCUT2D eigenvalue weighted by Crippen LogP contribution is 2.27. The maximum atomic E-state index is 12.3. The molecule has 0 aliphatic rings. The van der Waals surface area contributed by atoms with Gasteiger partial charge in [-0.1, -0.05) is 0 Å². The molecule has 0 aromatic heterocycles. The molecule has 0 unspecified atom stereocenters. The zero-order chi connectivity index (χ0) is 17.7. The van der Waals surface area contributed by atoms with Crippen molar-refractivity contribution in [3.8, 4) is 5.75 Å². The van der Waals surface area contributed by atoms with Gasteiger partial charge in [-0.05, 0) is 44.2 Å². The number of hydrogen-bond donors (Lipinski definition) is 1. The minimum atomic E-state index is -0.536. The van der Waals surface area contributed by atoms with E-state index in [0.29, 0.717) is 23.6 Å². The molecule has 0 spiro atoms. The molecule has 0 atom stereocenters. The van der Waals surface area contributed by atoms with Crippen LogP contribution in [-0.4, -0.2) is 23.2 Å². The van der Waals surface area contributed by atoms with Gasteiger partial charge >= 0.3 is 0 Å². The maximum absolute atomic E-state index is 12.3. The third-order valence-electron chi connectivity index (χ3n) is 3.27. The molecule has 7 heteroatoms. The van der Waals surface area contributed by atoms with Gasteiger partial charge in [0.2, 0.25) is 0 Å². The van der Waals surface area contributed by atoms with E-state index in [1.165, 1.54) is 37.3 Å². The van der Waals surface area contributed by atoms with Crippen LogP contribution in [0.4, 0.5) is 11.4 Å². The number of non-ortho nitro benzene ring substituents is 1. The van der Waals surface area contributed by atoms with E-state index in [0.717, 1.165) is 0 Å². The summed E-state index contributed by atoms with van der Waals surface area (Å²) in [7, 11) is 0. The third kappa shape index (κ3) is 3.95. The minimum absolute atomic E-state index is 0.0971. The summed E-state index contributed by atoms with van der Waals surface area (Å²) in [6.07, 6.45) is 0. The summed E-state index contributed by atoms with van der Waals surface area (Å²) >= 11 is 0. The maximum Gasteiger partial charge on any atom is 0.269 e. The summed E-state index contributed by atoms with van der Waals surface area (Å²) < 4.78 is 5.44. The van der Waals surface area contributed by atoms with Gasteiger partial charge in [0.1, 0.15) is 5.75 Å². The van der Waals surface area contributed by atoms with E-state index in [-0.39, 0.29) is 17.0 Å². The lowest BCUT2D eigenvalue weighted by Crippen LogP contribution is -2.13. The predicted octanol–water partition coefficient (Wildman–Crippen LogP) is 3.45. The molecular weight excluding hydrogens is 312 g/mol. The smallest absolute Gasteiger partial charge is 0.269 e. The van der Waals surface area contributed by atoms with Crippen LogP contribution in [0.15, 0.2) is 42.5 Å². The molecule has 2 aromatic rings. The van der Waals surface area contributed by atoms with Crippen LogP contribution >= 0.6 is 0 Å². The standard InChI is InChI=1S/C17H16N2O5/c1-3-24-16-9-6-13(11(2)20)10-15(16)18-17(21)12-4-7-14(8-5-12)19(22)23/h4-10H,3H2,1-2H3,(H,18,21). The Bertz CT molecular complexity index is 784. The molecule has 0 radical (unpaired) electrons. The number of rotatable bonds is 6. The quantitative estimate of drug-likeness (QED) is 0.497. The third-order valence-corrected chi connectivity index (χ3v) is 3.27. The highest BCUT2D eigenvalue weighted by molar-refractivity contribution is 6.06. The van der Waals surface area contributed by atoms with Crippen LogP contribution in [0.25, 0.3) is 0 Å². The van der Waals surface area contributed by atoms with Crippen LogP contribution in [0.3, 0.4) is 0 Å². The number of hydrogen-bond acceptors (Lipinski definition) is 5. The lowest BCUT2D eigenvalue weighted by molar-refractivity contribution is -0.384. The monoisotopic (exact) mass is 328 g/mol. The summed E-state index contributed by atoms with van der Waals surface area (Å²) in [4.78, 5) is 33.9. The van der Waals surface area contributed by atoms with E-state index < -0.39 is 10.8 Å². The number of carbonyl (C=O) groups excluding carboxylic acids is 2. The van der Waals surface area contributed by atoms with Crippen molar-refractivity contribution < 1.29 is 19.2 Å². The van der Waals surface area contributed by atoms with Crippen molar-refractivity contribution in [2.45, 2.75) is 13.8 Å². The van der Waals surface area contributed by atoms with Gasteiger partial charge in [-0.15, -0.1) is 0 Å². The Morgan fingerprint density at radius 2 is 1.75 bits per heavy atom. The predicted molar refractivity (Wildman–Crippen MR) is 88.7 cm³/mol. The van der Waals surface area contributed by atoms with Crippen LogP contribution in [0.2, 0.25) is 0 Å². The number of nitro benzene ring substituents is 1. The second-order valence-electron chi connectivity index (χ2n) is 4.96.